The summed E-state index contributed by atoms with van der Waals surface area (Å²) in [5, 5.41) is 9.66. The van der Waals surface area contributed by atoms with E-state index in [1.54, 1.807) is 0 Å². The Balaban J connectivity index is 1.45. The van der Waals surface area contributed by atoms with E-state index in [4.69, 9.17) is 4.74 Å². The van der Waals surface area contributed by atoms with E-state index in [9.17, 15) is 4.79 Å². The number of likely N-dealkylation sites (tertiary alicyclic amines) is 1. The maximum Gasteiger partial charge on any atom is 0.240 e. The fourth-order valence-corrected chi connectivity index (χ4v) is 5.85. The molecule has 5 rings (SSSR count). The fourth-order valence-electron chi connectivity index (χ4n) is 4.71. The van der Waals surface area contributed by atoms with Gasteiger partial charge in [0.2, 0.25) is 5.91 Å². The van der Waals surface area contributed by atoms with Crippen LogP contribution in [0, 0.1) is 0 Å². The number of carbonyl (C=O) groups excluding carboxylic acids is 1. The number of piperidine rings is 1. The molecule has 3 aromatic rings. The zero-order valence-corrected chi connectivity index (χ0v) is 20.9. The minimum atomic E-state index is -0.379. The Morgan fingerprint density at radius 1 is 0.857 bits per heavy atom. The Kier molecular flexibility index (Phi) is 8.13. The van der Waals surface area contributed by atoms with Gasteiger partial charge in [-0.25, -0.2) is 0 Å². The summed E-state index contributed by atoms with van der Waals surface area (Å²) in [6.45, 7) is 6.09. The summed E-state index contributed by atoms with van der Waals surface area (Å²) in [5.74, 6) is 1.07. The molecule has 35 heavy (non-hydrogen) atoms. The van der Waals surface area contributed by atoms with Crippen LogP contribution in [0.2, 0.25) is 0 Å². The maximum absolute atomic E-state index is 13.7. The quantitative estimate of drug-likeness (QED) is 0.444. The van der Waals surface area contributed by atoms with E-state index < -0.39 is 0 Å². The Hall–Kier alpha value is -2.68. The number of rotatable bonds is 8. The molecule has 1 amide bonds. The second-order valence-electron chi connectivity index (χ2n) is 9.15. The lowest BCUT2D eigenvalue weighted by Crippen LogP contribution is -2.42. The summed E-state index contributed by atoms with van der Waals surface area (Å²) in [7, 11) is 0. The predicted octanol–water partition coefficient (Wildman–Crippen LogP) is 4.00. The molecule has 1 aromatic heterocycles. The van der Waals surface area contributed by atoms with Gasteiger partial charge in [-0.05, 0) is 37.1 Å². The highest BCUT2D eigenvalue weighted by Crippen LogP contribution is 2.37. The van der Waals surface area contributed by atoms with Crippen LogP contribution in [-0.4, -0.2) is 69.9 Å². The Morgan fingerprint density at radius 2 is 1.54 bits per heavy atom. The lowest BCUT2D eigenvalue weighted by Gasteiger charge is -2.30. The largest absolute Gasteiger partial charge is 0.378 e. The van der Waals surface area contributed by atoms with Crippen LogP contribution in [0.1, 0.15) is 41.5 Å². The van der Waals surface area contributed by atoms with Crippen molar-refractivity contribution < 1.29 is 9.53 Å². The molecule has 0 saturated carbocycles. The first-order chi connectivity index (χ1) is 17.3. The summed E-state index contributed by atoms with van der Waals surface area (Å²) in [4.78, 5) is 18.1. The maximum atomic E-state index is 13.7. The van der Waals surface area contributed by atoms with Crippen LogP contribution >= 0.6 is 11.8 Å². The minimum Gasteiger partial charge on any atom is -0.378 e. The van der Waals surface area contributed by atoms with E-state index in [0.717, 1.165) is 36.2 Å². The molecule has 2 aliphatic rings. The van der Waals surface area contributed by atoms with Gasteiger partial charge >= 0.3 is 0 Å². The molecule has 7 nitrogen and oxygen atoms in total. The molecule has 1 unspecified atom stereocenters. The summed E-state index contributed by atoms with van der Waals surface area (Å²) in [6, 6.07) is 20.4. The Labute approximate surface area is 211 Å². The van der Waals surface area contributed by atoms with Crippen LogP contribution in [0.15, 0.2) is 65.8 Å². The van der Waals surface area contributed by atoms with E-state index in [2.05, 4.69) is 43.9 Å². The highest BCUT2D eigenvalue weighted by Gasteiger charge is 2.30. The molecule has 2 aromatic carbocycles. The number of nitrogens with zero attached hydrogens (tertiary/aromatic N) is 5. The van der Waals surface area contributed by atoms with Gasteiger partial charge in [-0.15, -0.1) is 10.2 Å². The fraction of sp³-hybridized carbons (Fsp3) is 0.444. The standard InChI is InChI=1S/C27H33N5O2S/c33-26(31-16-18-34-19-17-31)25(23-12-6-2-7-13-23)35-27-29-28-24(21-30-14-8-3-9-15-30)32(27)20-22-10-4-1-5-11-22/h1-2,4-7,10-13,25H,3,8-9,14-21H2. The zero-order chi connectivity index (χ0) is 23.9. The van der Waals surface area contributed by atoms with Crippen molar-refractivity contribution in [1.29, 1.82) is 0 Å². The number of amides is 1. The summed E-state index contributed by atoms with van der Waals surface area (Å²) in [5.41, 5.74) is 2.19. The van der Waals surface area contributed by atoms with Gasteiger partial charge in [-0.1, -0.05) is 78.8 Å². The molecule has 2 aliphatic heterocycles. The van der Waals surface area contributed by atoms with E-state index >= 15 is 0 Å². The van der Waals surface area contributed by atoms with Gasteiger partial charge < -0.3 is 14.2 Å². The van der Waals surface area contributed by atoms with Crippen molar-refractivity contribution in [3.63, 3.8) is 0 Å². The Morgan fingerprint density at radius 3 is 2.26 bits per heavy atom. The highest BCUT2D eigenvalue weighted by atomic mass is 32.2. The third-order valence-corrected chi connectivity index (χ3v) is 7.89. The molecule has 1 atom stereocenters. The third-order valence-electron chi connectivity index (χ3n) is 6.66. The lowest BCUT2D eigenvalue weighted by atomic mass is 10.1. The number of morpholine rings is 1. The van der Waals surface area contributed by atoms with Crippen molar-refractivity contribution in [2.45, 2.75) is 42.8 Å². The molecular weight excluding hydrogens is 458 g/mol. The normalized spacial score (nSPS) is 17.9. The molecule has 0 N–H and O–H groups in total. The smallest absolute Gasteiger partial charge is 0.240 e. The van der Waals surface area contributed by atoms with Gasteiger partial charge in [0.25, 0.3) is 0 Å². The highest BCUT2D eigenvalue weighted by molar-refractivity contribution is 8.00. The third kappa shape index (κ3) is 6.12. The second-order valence-corrected chi connectivity index (χ2v) is 10.2. The average Bonchev–Trinajstić information content (AvgIpc) is 3.29. The summed E-state index contributed by atoms with van der Waals surface area (Å²) >= 11 is 1.51. The van der Waals surface area contributed by atoms with Crippen molar-refractivity contribution in [2.75, 3.05) is 39.4 Å². The van der Waals surface area contributed by atoms with Crippen LogP contribution in [0.5, 0.6) is 0 Å². The van der Waals surface area contributed by atoms with E-state index in [1.165, 1.54) is 36.6 Å². The van der Waals surface area contributed by atoms with E-state index in [0.29, 0.717) is 32.8 Å². The monoisotopic (exact) mass is 491 g/mol. The first-order valence-corrected chi connectivity index (χ1v) is 13.4. The van der Waals surface area contributed by atoms with E-state index in [-0.39, 0.29) is 11.2 Å². The van der Waals surface area contributed by atoms with E-state index in [1.807, 2.05) is 41.3 Å². The second kappa shape index (κ2) is 11.8. The van der Waals surface area contributed by atoms with Gasteiger partial charge in [0, 0.05) is 13.1 Å². The number of hydrogen-bond acceptors (Lipinski definition) is 6. The van der Waals surface area contributed by atoms with Gasteiger partial charge in [-0.2, -0.15) is 0 Å². The number of aromatic nitrogens is 3. The molecule has 0 spiro atoms. The molecule has 8 heteroatoms. The first-order valence-electron chi connectivity index (χ1n) is 12.5. The zero-order valence-electron chi connectivity index (χ0n) is 20.1. The van der Waals surface area contributed by atoms with Gasteiger partial charge in [0.15, 0.2) is 5.16 Å². The number of thioether (sulfide) groups is 1. The number of carbonyl (C=O) groups is 1. The predicted molar refractivity (Wildman–Crippen MR) is 137 cm³/mol. The molecule has 0 radical (unpaired) electrons. The SMILES string of the molecule is O=C(C(Sc1nnc(CN2CCCCC2)n1Cc1ccccc1)c1ccccc1)N1CCOCC1. The molecule has 0 bridgehead atoms. The molecule has 2 fully saturated rings. The van der Waals surface area contributed by atoms with Crippen molar-refractivity contribution in [1.82, 2.24) is 24.6 Å². The van der Waals surface area contributed by atoms with Gasteiger partial charge in [0.05, 0.1) is 26.3 Å². The van der Waals surface area contributed by atoms with Crippen LogP contribution in [-0.2, 0) is 22.6 Å². The van der Waals surface area contributed by atoms with Crippen molar-refractivity contribution in [3.05, 3.63) is 77.6 Å². The van der Waals surface area contributed by atoms with Crippen molar-refractivity contribution in [2.24, 2.45) is 0 Å². The lowest BCUT2D eigenvalue weighted by molar-refractivity contribution is -0.134. The van der Waals surface area contributed by atoms with Crippen LogP contribution in [0.3, 0.4) is 0 Å². The van der Waals surface area contributed by atoms with Gasteiger partial charge in [0.1, 0.15) is 11.1 Å². The van der Waals surface area contributed by atoms with Crippen LogP contribution in [0.4, 0.5) is 0 Å². The molecule has 2 saturated heterocycles. The average molecular weight is 492 g/mol. The number of ether oxygens (including phenoxy) is 1. The Bertz CT molecular complexity index is 1080. The first kappa shape index (κ1) is 24.0. The molecule has 0 aliphatic carbocycles. The number of hydrogen-bond donors (Lipinski definition) is 0. The molecule has 184 valence electrons. The molecule has 3 heterocycles. The van der Waals surface area contributed by atoms with Crippen LogP contribution in [0.25, 0.3) is 0 Å². The molecular formula is C27H33N5O2S. The van der Waals surface area contributed by atoms with Crippen molar-refractivity contribution >= 4 is 17.7 Å². The number of benzene rings is 2. The summed E-state index contributed by atoms with van der Waals surface area (Å²) in [6.07, 6.45) is 3.77. The minimum absolute atomic E-state index is 0.108. The van der Waals surface area contributed by atoms with Gasteiger partial charge in [-0.3, -0.25) is 9.69 Å². The van der Waals surface area contributed by atoms with Crippen LogP contribution < -0.4 is 0 Å². The summed E-state index contributed by atoms with van der Waals surface area (Å²) < 4.78 is 7.69. The van der Waals surface area contributed by atoms with Crippen molar-refractivity contribution in [3.8, 4) is 0 Å². The topological polar surface area (TPSA) is 63.5 Å².